The maximum absolute atomic E-state index is 10.8. The van der Waals surface area contributed by atoms with Crippen molar-refractivity contribution in [3.63, 3.8) is 0 Å². The van der Waals surface area contributed by atoms with E-state index >= 15 is 0 Å². The Hall–Kier alpha value is -0.340. The van der Waals surface area contributed by atoms with Crippen LogP contribution in [0, 0.1) is 50.7 Å². The van der Waals surface area contributed by atoms with Gasteiger partial charge in [0, 0.05) is 12.0 Å². The molecule has 176 valence electrons. The van der Waals surface area contributed by atoms with E-state index in [1.165, 1.54) is 57.8 Å². The van der Waals surface area contributed by atoms with Crippen LogP contribution in [0.1, 0.15) is 106 Å². The first-order valence-electron chi connectivity index (χ1n) is 13.4. The molecule has 0 heterocycles. The van der Waals surface area contributed by atoms with Crippen molar-refractivity contribution in [1.82, 2.24) is 0 Å². The highest BCUT2D eigenvalue weighted by Gasteiger charge is 2.65. The standard InChI is InChI=1S/C29H48O2/c1-25(2)13-15-29(18-30)16-14-28(6)22(23(29)17-25)9-8-21-19-7-10-24(31)26(3,4)20(19)11-12-27(21,28)5/h9,19-21,23-24,30-31H,7-8,10-18H2,1-6H3. The van der Waals surface area contributed by atoms with E-state index in [-0.39, 0.29) is 22.3 Å². The largest absolute Gasteiger partial charge is 0.396 e. The second kappa shape index (κ2) is 6.84. The van der Waals surface area contributed by atoms with Crippen LogP contribution >= 0.6 is 0 Å². The summed E-state index contributed by atoms with van der Waals surface area (Å²) in [6, 6.07) is 0. The van der Waals surface area contributed by atoms with Gasteiger partial charge in [-0.3, -0.25) is 0 Å². The van der Waals surface area contributed by atoms with Crippen LogP contribution in [-0.2, 0) is 0 Å². The second-order valence-corrected chi connectivity index (χ2v) is 14.4. The van der Waals surface area contributed by atoms with Crippen LogP contribution < -0.4 is 0 Å². The fraction of sp³-hybridized carbons (Fsp3) is 0.931. The van der Waals surface area contributed by atoms with E-state index in [1.807, 2.05) is 0 Å². The summed E-state index contributed by atoms with van der Waals surface area (Å²) in [5, 5.41) is 21.4. The average Bonchev–Trinajstić information content (AvgIpc) is 2.70. The number of fused-ring (bicyclic) bond motifs is 7. The molecule has 0 amide bonds. The molecule has 8 atom stereocenters. The van der Waals surface area contributed by atoms with Crippen molar-refractivity contribution < 1.29 is 10.2 Å². The molecule has 0 spiro atoms. The molecule has 5 aliphatic carbocycles. The van der Waals surface area contributed by atoms with Crippen LogP contribution in [0.2, 0.25) is 0 Å². The third-order valence-corrected chi connectivity index (χ3v) is 12.5. The number of aliphatic hydroxyl groups is 2. The third kappa shape index (κ3) is 2.89. The molecule has 0 aromatic heterocycles. The molecule has 0 saturated heterocycles. The Balaban J connectivity index is 1.54. The van der Waals surface area contributed by atoms with Gasteiger partial charge in [0.1, 0.15) is 0 Å². The number of rotatable bonds is 1. The average molecular weight is 429 g/mol. The fourth-order valence-electron chi connectivity index (χ4n) is 9.93. The van der Waals surface area contributed by atoms with Gasteiger partial charge < -0.3 is 10.2 Å². The second-order valence-electron chi connectivity index (χ2n) is 14.4. The fourth-order valence-corrected chi connectivity index (χ4v) is 9.93. The molecule has 0 aromatic rings. The van der Waals surface area contributed by atoms with Crippen LogP contribution in [0.15, 0.2) is 11.6 Å². The zero-order chi connectivity index (χ0) is 22.4. The Morgan fingerprint density at radius 2 is 1.58 bits per heavy atom. The normalized spacial score (nSPS) is 52.8. The summed E-state index contributed by atoms with van der Waals surface area (Å²) in [5.41, 5.74) is 2.96. The van der Waals surface area contributed by atoms with Gasteiger partial charge >= 0.3 is 0 Å². The molecule has 8 unspecified atom stereocenters. The summed E-state index contributed by atoms with van der Waals surface area (Å²) in [4.78, 5) is 0. The van der Waals surface area contributed by atoms with Gasteiger partial charge in [-0.1, -0.05) is 53.2 Å². The first-order chi connectivity index (χ1) is 14.4. The van der Waals surface area contributed by atoms with Crippen molar-refractivity contribution in [2.75, 3.05) is 6.61 Å². The van der Waals surface area contributed by atoms with Crippen LogP contribution in [0.3, 0.4) is 0 Å². The minimum absolute atomic E-state index is 0.0567. The third-order valence-electron chi connectivity index (χ3n) is 12.5. The molecule has 5 rings (SSSR count). The SMILES string of the molecule is CC1(C)CCC2(CO)CCC3(C)C(=CCC4C5CCC(O)C(C)(C)C5CCC43C)C2C1. The highest BCUT2D eigenvalue weighted by atomic mass is 16.3. The molecular weight excluding hydrogens is 380 g/mol. The van der Waals surface area contributed by atoms with Crippen LogP contribution in [0.4, 0.5) is 0 Å². The maximum atomic E-state index is 10.8. The van der Waals surface area contributed by atoms with Crippen molar-refractivity contribution in [2.45, 2.75) is 112 Å². The first kappa shape index (κ1) is 22.5. The molecule has 2 heteroatoms. The molecule has 31 heavy (non-hydrogen) atoms. The van der Waals surface area contributed by atoms with Crippen molar-refractivity contribution in [3.05, 3.63) is 11.6 Å². The lowest BCUT2D eigenvalue weighted by atomic mass is 9.36. The molecule has 0 radical (unpaired) electrons. The molecule has 4 saturated carbocycles. The minimum Gasteiger partial charge on any atom is -0.396 e. The van der Waals surface area contributed by atoms with Crippen LogP contribution in [-0.4, -0.2) is 22.9 Å². The van der Waals surface area contributed by atoms with E-state index < -0.39 is 0 Å². The van der Waals surface area contributed by atoms with Crippen LogP contribution in [0.5, 0.6) is 0 Å². The van der Waals surface area contributed by atoms with Gasteiger partial charge in [0.2, 0.25) is 0 Å². The summed E-state index contributed by atoms with van der Waals surface area (Å²) < 4.78 is 0. The minimum atomic E-state index is -0.132. The van der Waals surface area contributed by atoms with E-state index in [1.54, 1.807) is 5.57 Å². The molecule has 0 aromatic carbocycles. The van der Waals surface area contributed by atoms with E-state index in [4.69, 9.17) is 0 Å². The van der Waals surface area contributed by atoms with Crippen molar-refractivity contribution in [2.24, 2.45) is 50.7 Å². The number of hydrogen-bond acceptors (Lipinski definition) is 2. The lowest BCUT2D eigenvalue weighted by Crippen LogP contribution is -2.61. The number of hydrogen-bond donors (Lipinski definition) is 2. The Morgan fingerprint density at radius 1 is 0.871 bits per heavy atom. The quantitative estimate of drug-likeness (QED) is 0.453. The zero-order valence-electron chi connectivity index (χ0n) is 21.1. The van der Waals surface area contributed by atoms with E-state index in [0.29, 0.717) is 29.3 Å². The number of allylic oxidation sites excluding steroid dienone is 2. The van der Waals surface area contributed by atoms with E-state index in [9.17, 15) is 10.2 Å². The maximum Gasteiger partial charge on any atom is 0.0594 e. The molecule has 2 nitrogen and oxygen atoms in total. The Kier molecular flexibility index (Phi) is 4.96. The molecular formula is C29H48O2. The summed E-state index contributed by atoms with van der Waals surface area (Å²) >= 11 is 0. The van der Waals surface area contributed by atoms with Gasteiger partial charge in [-0.05, 0) is 110 Å². The summed E-state index contributed by atoms with van der Waals surface area (Å²) in [6.07, 6.45) is 14.8. The van der Waals surface area contributed by atoms with E-state index in [2.05, 4.69) is 47.6 Å². The Labute approximate surface area is 191 Å². The van der Waals surface area contributed by atoms with Gasteiger partial charge in [0.05, 0.1) is 6.10 Å². The first-order valence-corrected chi connectivity index (χ1v) is 13.4. The predicted molar refractivity (Wildman–Crippen MR) is 128 cm³/mol. The van der Waals surface area contributed by atoms with E-state index in [0.717, 1.165) is 18.3 Å². The monoisotopic (exact) mass is 428 g/mol. The molecule has 5 aliphatic rings. The molecule has 4 fully saturated rings. The number of aliphatic hydroxyl groups excluding tert-OH is 2. The zero-order valence-corrected chi connectivity index (χ0v) is 21.1. The van der Waals surface area contributed by atoms with Gasteiger partial charge in [-0.15, -0.1) is 0 Å². The molecule has 2 N–H and O–H groups in total. The Morgan fingerprint density at radius 3 is 2.29 bits per heavy atom. The summed E-state index contributed by atoms with van der Waals surface area (Å²) in [6.45, 7) is 15.2. The molecule has 0 bridgehead atoms. The lowest BCUT2D eigenvalue weighted by Gasteiger charge is -2.68. The van der Waals surface area contributed by atoms with Crippen molar-refractivity contribution in [1.29, 1.82) is 0 Å². The van der Waals surface area contributed by atoms with Gasteiger partial charge in [-0.25, -0.2) is 0 Å². The predicted octanol–water partition coefficient (Wildman–Crippen LogP) is 6.75. The van der Waals surface area contributed by atoms with Crippen molar-refractivity contribution in [3.8, 4) is 0 Å². The molecule has 0 aliphatic heterocycles. The smallest absolute Gasteiger partial charge is 0.0594 e. The van der Waals surface area contributed by atoms with Gasteiger partial charge in [0.25, 0.3) is 0 Å². The van der Waals surface area contributed by atoms with Gasteiger partial charge in [-0.2, -0.15) is 0 Å². The Bertz CT molecular complexity index is 765. The highest BCUT2D eigenvalue weighted by molar-refractivity contribution is 5.33. The highest BCUT2D eigenvalue weighted by Crippen LogP contribution is 2.73. The summed E-state index contributed by atoms with van der Waals surface area (Å²) in [5.74, 6) is 2.76. The van der Waals surface area contributed by atoms with Gasteiger partial charge in [0.15, 0.2) is 0 Å². The topological polar surface area (TPSA) is 40.5 Å². The lowest BCUT2D eigenvalue weighted by molar-refractivity contribution is -0.165. The summed E-state index contributed by atoms with van der Waals surface area (Å²) in [7, 11) is 0. The van der Waals surface area contributed by atoms with Crippen LogP contribution in [0.25, 0.3) is 0 Å². The van der Waals surface area contributed by atoms with Crippen molar-refractivity contribution >= 4 is 0 Å².